The lowest BCUT2D eigenvalue weighted by Crippen LogP contribution is -2.11. The van der Waals surface area contributed by atoms with Gasteiger partial charge in [0.1, 0.15) is 35.8 Å². The first-order valence-electron chi connectivity index (χ1n) is 38.6. The minimum Gasteiger partial charge on any atom is -0.365 e. The topological polar surface area (TPSA) is 314 Å². The van der Waals surface area contributed by atoms with Crippen molar-refractivity contribution in [2.24, 2.45) is 43.3 Å². The molecule has 0 aliphatic rings. The largest absolute Gasteiger partial charge is 0.365 e. The number of hydrogen-bond donors (Lipinski definition) is 6. The average Bonchev–Trinajstić information content (AvgIpc) is 1.66. The molecule has 0 aliphatic heterocycles. The number of benzene rings is 2. The number of imidazole rings is 2. The van der Waals surface area contributed by atoms with Crippen LogP contribution in [0.4, 0.5) is 0 Å². The number of rotatable bonds is 0. The molecule has 0 aliphatic carbocycles. The Bertz CT molecular complexity index is 3640. The van der Waals surface area contributed by atoms with Gasteiger partial charge in [0.25, 0.3) is 0 Å². The van der Waals surface area contributed by atoms with Gasteiger partial charge in [-0.15, -0.1) is 21.5 Å². The van der Waals surface area contributed by atoms with E-state index >= 15 is 0 Å². The van der Waals surface area contributed by atoms with Crippen molar-refractivity contribution in [1.29, 1.82) is 0 Å². The van der Waals surface area contributed by atoms with Crippen LogP contribution in [-0.2, 0) is 10.8 Å². The van der Waals surface area contributed by atoms with Crippen LogP contribution in [0.3, 0.4) is 0 Å². The van der Waals surface area contributed by atoms with Crippen molar-refractivity contribution in [3.63, 3.8) is 0 Å². The summed E-state index contributed by atoms with van der Waals surface area (Å²) in [5.74, 6) is 0. The molecular weight excluding hydrogens is 1470 g/mol. The molecule has 115 heavy (non-hydrogen) atoms. The zero-order valence-corrected chi connectivity index (χ0v) is 79.5. The molecule has 0 saturated carbocycles. The van der Waals surface area contributed by atoms with Crippen LogP contribution >= 0.6 is 22.9 Å². The Labute approximate surface area is 701 Å². The summed E-state index contributed by atoms with van der Waals surface area (Å²) in [5, 5.41) is 45.5. The standard InChI is InChI=1S/C11H14N2.C7H6N2.C6H10N2S.2C5H4N4.8C5H12.C4H4N2.2C3H4N2.C3H3NO.C3H3NS/c1-11(2,3)10-8-6-4-5-7-9(8)12-13-10;1-2-4-7-6(3-1)5-8-9-7;1-6(2,3)5-8-7-4-9-5;2*1-4-2-8-9-5(4)7-3-6-1;8*1-5(2,3)4;1-2-5-4-6-3-1;2*1-2-5-3-4-1;2*1-2-4-5-3-1/h4-7H,1-3H3,(H,12,13);1-5H,(H,8,9);4H,1-3H3;2*1-3H,(H,6,7,8,9);8*1-4H3;1-4H;2*1-3H,(H,4,5);2*1-3H. The molecule has 23 nitrogen and oxygen atoms in total. The van der Waals surface area contributed by atoms with Gasteiger partial charge >= 0.3 is 0 Å². The fourth-order valence-corrected chi connectivity index (χ4v) is 6.32. The highest BCUT2D eigenvalue weighted by Crippen LogP contribution is 2.27. The molecule has 2 aromatic carbocycles. The molecule has 0 saturated heterocycles. The second-order valence-corrected chi connectivity index (χ2v) is 42.0. The molecule has 0 spiro atoms. The lowest BCUT2D eigenvalue weighted by molar-refractivity contribution is 0.420. The van der Waals surface area contributed by atoms with Crippen molar-refractivity contribution in [2.45, 2.75) is 274 Å². The maximum absolute atomic E-state index is 4.33. The van der Waals surface area contributed by atoms with Gasteiger partial charge in [-0.2, -0.15) is 20.4 Å². The van der Waals surface area contributed by atoms with Crippen molar-refractivity contribution in [3.8, 4) is 0 Å². The van der Waals surface area contributed by atoms with E-state index < -0.39 is 0 Å². The third kappa shape index (κ3) is 96.7. The minimum atomic E-state index is 0.135. The van der Waals surface area contributed by atoms with Crippen LogP contribution in [0.15, 0.2) is 201 Å². The highest BCUT2D eigenvalue weighted by molar-refractivity contribution is 7.09. The Hall–Kier alpha value is -9.62. The third-order valence-corrected chi connectivity index (χ3v) is 10.4. The van der Waals surface area contributed by atoms with E-state index in [0.29, 0.717) is 43.3 Å². The molecule has 14 aromatic rings. The third-order valence-electron chi connectivity index (χ3n) is 8.78. The summed E-state index contributed by atoms with van der Waals surface area (Å²) in [6, 6.07) is 21.6. The van der Waals surface area contributed by atoms with E-state index in [4.69, 9.17) is 0 Å². The van der Waals surface area contributed by atoms with E-state index in [-0.39, 0.29) is 10.8 Å². The molecule has 0 bridgehead atoms. The summed E-state index contributed by atoms with van der Waals surface area (Å²) in [6.07, 6.45) is 31.5. The summed E-state index contributed by atoms with van der Waals surface area (Å²) < 4.78 is 8.10. The summed E-state index contributed by atoms with van der Waals surface area (Å²) in [4.78, 5) is 35.6. The van der Waals surface area contributed by atoms with Gasteiger partial charge in [0.2, 0.25) is 0 Å². The number of aromatic nitrogens is 22. The molecule has 0 unspecified atom stereocenters. The second-order valence-electron chi connectivity index (χ2n) is 40.5. The van der Waals surface area contributed by atoms with Crippen LogP contribution in [0.1, 0.15) is 274 Å². The summed E-state index contributed by atoms with van der Waals surface area (Å²) in [5.41, 5.74) is 11.0. The molecule has 12 heterocycles. The first-order chi connectivity index (χ1) is 52.6. The van der Waals surface area contributed by atoms with Gasteiger partial charge in [-0.25, -0.2) is 44.2 Å². The lowest BCUT2D eigenvalue weighted by atomic mass is 9.90. The molecule has 14 rings (SSSR count). The number of fused-ring (bicyclic) bond motifs is 4. The van der Waals surface area contributed by atoms with E-state index in [1.54, 1.807) is 116 Å². The van der Waals surface area contributed by atoms with Crippen LogP contribution in [0.5, 0.6) is 0 Å². The number of H-pyrrole nitrogens is 6. The van der Waals surface area contributed by atoms with Crippen LogP contribution in [0, 0.1) is 43.3 Å². The Morgan fingerprint density at radius 3 is 1.04 bits per heavy atom. The fourth-order valence-electron chi connectivity index (χ4n) is 5.33. The van der Waals surface area contributed by atoms with Gasteiger partial charge in [0.05, 0.1) is 59.2 Å². The van der Waals surface area contributed by atoms with Crippen molar-refractivity contribution >= 4 is 66.7 Å². The fraction of sp³-hybridized carbons (Fsp3) is 0.533. The molecule has 25 heteroatoms. The number of hydrogen-bond acceptors (Lipinski definition) is 19. The number of aromatic amines is 6. The van der Waals surface area contributed by atoms with Crippen LogP contribution in [0.2, 0.25) is 0 Å². The number of para-hydroxylation sites is 2. The van der Waals surface area contributed by atoms with Crippen molar-refractivity contribution in [2.75, 3.05) is 0 Å². The van der Waals surface area contributed by atoms with Crippen molar-refractivity contribution in [1.82, 2.24) is 110 Å². The SMILES string of the molecule is CC(C)(C)C.CC(C)(C)C.CC(C)(C)C.CC(C)(C)C.CC(C)(C)C.CC(C)(C)C.CC(C)(C)C.CC(C)(C)C.CC(C)(C)c1[nH]nc2ccccc12.CC(C)(C)c1nncs1.c1c[nH]cn1.c1c[nH]cn1.c1ccc2[nH]ncc2c1.c1cncnc1.c1cnoc1.c1cnsc1.c1ncc2cn[nH]c2n1.c1ncc2cn[nH]c2n1. The molecule has 0 amide bonds. The van der Waals surface area contributed by atoms with Gasteiger partial charge in [-0.1, -0.05) is 305 Å². The molecular formula is C90H152N22OS2. The van der Waals surface area contributed by atoms with Gasteiger partial charge in [-0.3, -0.25) is 20.4 Å². The zero-order chi connectivity index (χ0) is 89.1. The second kappa shape index (κ2) is 59.1. The van der Waals surface area contributed by atoms with Crippen LogP contribution in [-0.4, -0.2) is 110 Å². The smallest absolute Gasteiger partial charge is 0.158 e. The van der Waals surface area contributed by atoms with Gasteiger partial charge < -0.3 is 14.5 Å². The number of nitrogens with one attached hydrogen (secondary N) is 6. The summed E-state index contributed by atoms with van der Waals surface area (Å²) >= 11 is 3.07. The quantitative estimate of drug-likeness (QED) is 0.0822. The van der Waals surface area contributed by atoms with E-state index in [9.17, 15) is 0 Å². The molecule has 0 atom stereocenters. The average molecular weight is 1620 g/mol. The zero-order valence-electron chi connectivity index (χ0n) is 77.9. The summed E-state index contributed by atoms with van der Waals surface area (Å²) in [7, 11) is 0. The highest BCUT2D eigenvalue weighted by atomic mass is 32.1. The Balaban J connectivity index is -0.000000573. The molecule has 640 valence electrons. The maximum atomic E-state index is 4.33. The normalized spacial score (nSPS) is 10.7. The van der Waals surface area contributed by atoms with E-state index in [2.05, 4.69) is 384 Å². The van der Waals surface area contributed by atoms with Gasteiger partial charge in [-0.05, 0) is 85.2 Å². The van der Waals surface area contributed by atoms with Crippen molar-refractivity contribution < 1.29 is 4.52 Å². The van der Waals surface area contributed by atoms with Gasteiger partial charge in [0, 0.05) is 88.4 Å². The Morgan fingerprint density at radius 1 is 0.357 bits per heavy atom. The molecule has 6 N–H and O–H groups in total. The Kier molecular flexibility index (Phi) is 57.4. The predicted molar refractivity (Wildman–Crippen MR) is 492 cm³/mol. The first kappa shape index (κ1) is 112. The first-order valence-corrected chi connectivity index (χ1v) is 40.3. The number of nitrogens with zero attached hydrogens (tertiary/aromatic N) is 16. The van der Waals surface area contributed by atoms with E-state index in [1.807, 2.05) is 60.1 Å². The monoisotopic (exact) mass is 1620 g/mol. The van der Waals surface area contributed by atoms with Crippen LogP contribution < -0.4 is 0 Å². The predicted octanol–water partition coefficient (Wildman–Crippen LogP) is 26.5. The Morgan fingerprint density at radius 2 is 0.774 bits per heavy atom. The highest BCUT2D eigenvalue weighted by Gasteiger charge is 2.19. The van der Waals surface area contributed by atoms with Gasteiger partial charge in [0.15, 0.2) is 11.3 Å². The maximum Gasteiger partial charge on any atom is 0.158 e. The van der Waals surface area contributed by atoms with Crippen molar-refractivity contribution in [3.05, 3.63) is 207 Å². The molecule has 12 aromatic heterocycles. The lowest BCUT2D eigenvalue weighted by Gasteiger charge is -2.16. The van der Waals surface area contributed by atoms with Crippen LogP contribution in [0.25, 0.3) is 43.9 Å². The van der Waals surface area contributed by atoms with E-state index in [1.165, 1.54) is 47.9 Å². The summed E-state index contributed by atoms with van der Waals surface area (Å²) in [6.45, 7) is 83.0. The molecule has 0 fully saturated rings. The molecule has 0 radical (unpaired) electrons. The van der Waals surface area contributed by atoms with E-state index in [0.717, 1.165) is 43.5 Å². The minimum absolute atomic E-state index is 0.135.